The second kappa shape index (κ2) is 7.14. The van der Waals surface area contributed by atoms with Crippen LogP contribution in [0.5, 0.6) is 0 Å². The van der Waals surface area contributed by atoms with Crippen molar-refractivity contribution < 1.29 is 18.0 Å². The first-order valence-corrected chi connectivity index (χ1v) is 11.0. The zero-order valence-corrected chi connectivity index (χ0v) is 16.4. The van der Waals surface area contributed by atoms with Crippen molar-refractivity contribution in [3.63, 3.8) is 0 Å². The van der Waals surface area contributed by atoms with Gasteiger partial charge < -0.3 is 0 Å². The second-order valence-electron chi connectivity index (χ2n) is 6.85. The van der Waals surface area contributed by atoms with Gasteiger partial charge in [-0.25, -0.2) is 13.3 Å². The minimum atomic E-state index is -3.07. The van der Waals surface area contributed by atoms with E-state index in [-0.39, 0.29) is 17.5 Å². The van der Waals surface area contributed by atoms with Gasteiger partial charge in [0.1, 0.15) is 0 Å². The predicted molar refractivity (Wildman–Crippen MR) is 108 cm³/mol. The number of sulfone groups is 1. The van der Waals surface area contributed by atoms with Crippen molar-refractivity contribution in [2.24, 2.45) is 4.99 Å². The van der Waals surface area contributed by atoms with Gasteiger partial charge in [0.25, 0.3) is 5.91 Å². The maximum absolute atomic E-state index is 13.2. The van der Waals surface area contributed by atoms with Crippen LogP contribution in [-0.4, -0.2) is 44.0 Å². The molecular weight excluding hydrogens is 400 g/mol. The highest BCUT2D eigenvalue weighted by atomic mass is 35.5. The number of aliphatic imine (C=N–C) groups is 1. The summed E-state index contributed by atoms with van der Waals surface area (Å²) in [5, 5.41) is 0.293. The van der Waals surface area contributed by atoms with Crippen molar-refractivity contribution in [3.8, 4) is 0 Å². The molecule has 2 aromatic rings. The Balaban J connectivity index is 1.75. The summed E-state index contributed by atoms with van der Waals surface area (Å²) in [7, 11) is -3.07. The molecule has 2 amide bonds. The molecule has 4 rings (SSSR count). The number of benzene rings is 2. The van der Waals surface area contributed by atoms with E-state index in [1.54, 1.807) is 48.5 Å². The van der Waals surface area contributed by atoms with Crippen molar-refractivity contribution in [3.05, 3.63) is 64.7 Å². The molecule has 0 aromatic heterocycles. The number of anilines is 1. The maximum atomic E-state index is 13.2. The smallest absolute Gasteiger partial charge is 0.265 e. The Hall–Kier alpha value is -2.51. The summed E-state index contributed by atoms with van der Waals surface area (Å²) in [6, 6.07) is 13.2. The molecule has 28 heavy (non-hydrogen) atoms. The summed E-state index contributed by atoms with van der Waals surface area (Å²) in [6.45, 7) is 0. The first kappa shape index (κ1) is 18.8. The van der Waals surface area contributed by atoms with Crippen LogP contribution in [0.2, 0.25) is 5.02 Å². The van der Waals surface area contributed by atoms with Gasteiger partial charge in [-0.05, 0) is 30.2 Å². The monoisotopic (exact) mass is 416 g/mol. The number of para-hydroxylation sites is 1. The van der Waals surface area contributed by atoms with Gasteiger partial charge in [0.2, 0.25) is 5.91 Å². The molecule has 0 spiro atoms. The van der Waals surface area contributed by atoms with Gasteiger partial charge in [-0.2, -0.15) is 0 Å². The summed E-state index contributed by atoms with van der Waals surface area (Å²) in [5.41, 5.74) is 1.28. The molecule has 0 unspecified atom stereocenters. The molecule has 2 aliphatic rings. The van der Waals surface area contributed by atoms with Gasteiger partial charge >= 0.3 is 0 Å². The highest BCUT2D eigenvalue weighted by Gasteiger charge is 2.39. The van der Waals surface area contributed by atoms with E-state index >= 15 is 0 Å². The van der Waals surface area contributed by atoms with Crippen molar-refractivity contribution in [2.45, 2.75) is 18.4 Å². The van der Waals surface area contributed by atoms with Gasteiger partial charge in [-0.1, -0.05) is 41.9 Å². The Morgan fingerprint density at radius 2 is 1.79 bits per heavy atom. The summed E-state index contributed by atoms with van der Waals surface area (Å²) in [5.74, 6) is -1.59. The highest BCUT2D eigenvalue weighted by molar-refractivity contribution is 7.91. The summed E-state index contributed by atoms with van der Waals surface area (Å²) < 4.78 is 23.3. The van der Waals surface area contributed by atoms with Gasteiger partial charge in [-0.15, -0.1) is 0 Å². The lowest BCUT2D eigenvalue weighted by Gasteiger charge is -2.31. The molecule has 0 radical (unpaired) electrons. The van der Waals surface area contributed by atoms with Gasteiger partial charge in [0.05, 0.1) is 34.2 Å². The first-order chi connectivity index (χ1) is 13.4. The average Bonchev–Trinajstić information content (AvgIpc) is 3.02. The molecule has 2 aliphatic heterocycles. The Morgan fingerprint density at radius 1 is 1.07 bits per heavy atom. The van der Waals surface area contributed by atoms with Crippen LogP contribution in [0.15, 0.2) is 53.5 Å². The Bertz CT molecular complexity index is 1100. The normalized spacial score (nSPS) is 24.0. The van der Waals surface area contributed by atoms with E-state index in [1.165, 1.54) is 6.21 Å². The Labute approximate surface area is 167 Å². The van der Waals surface area contributed by atoms with E-state index in [9.17, 15) is 18.0 Å². The minimum absolute atomic E-state index is 0.0147. The SMILES string of the molecule is O=C1c2ccccc2[C@H](C=N[C@H]2CCS(=O)(=O)C2)C(=O)N1c1ccccc1Cl. The van der Waals surface area contributed by atoms with Crippen LogP contribution in [0.1, 0.15) is 28.3 Å². The molecule has 0 saturated carbocycles. The van der Waals surface area contributed by atoms with E-state index in [1.807, 2.05) is 0 Å². The van der Waals surface area contributed by atoms with Crippen molar-refractivity contribution in [1.82, 2.24) is 0 Å². The average molecular weight is 417 g/mol. The topological polar surface area (TPSA) is 83.9 Å². The number of imide groups is 1. The van der Waals surface area contributed by atoms with Crippen LogP contribution < -0.4 is 4.90 Å². The molecule has 6 nitrogen and oxygen atoms in total. The van der Waals surface area contributed by atoms with Crippen molar-refractivity contribution >= 4 is 45.2 Å². The Morgan fingerprint density at radius 3 is 2.50 bits per heavy atom. The molecule has 2 aromatic carbocycles. The lowest BCUT2D eigenvalue weighted by molar-refractivity contribution is -0.118. The summed E-state index contributed by atoms with van der Waals surface area (Å²) in [4.78, 5) is 31.7. The van der Waals surface area contributed by atoms with Crippen LogP contribution in [0.3, 0.4) is 0 Å². The zero-order chi connectivity index (χ0) is 19.9. The van der Waals surface area contributed by atoms with Gasteiger partial charge in [0, 0.05) is 11.8 Å². The van der Waals surface area contributed by atoms with E-state index < -0.39 is 27.6 Å². The fraction of sp³-hybridized carbons (Fsp3) is 0.250. The number of fused-ring (bicyclic) bond motifs is 1. The largest absolute Gasteiger partial charge is 0.292 e. The molecule has 0 aliphatic carbocycles. The quantitative estimate of drug-likeness (QED) is 0.569. The highest BCUT2D eigenvalue weighted by Crippen LogP contribution is 2.35. The Kier molecular flexibility index (Phi) is 4.81. The fourth-order valence-electron chi connectivity index (χ4n) is 3.56. The van der Waals surface area contributed by atoms with Crippen molar-refractivity contribution in [1.29, 1.82) is 0 Å². The number of nitrogens with zero attached hydrogens (tertiary/aromatic N) is 2. The van der Waals surface area contributed by atoms with E-state index in [2.05, 4.69) is 4.99 Å². The zero-order valence-electron chi connectivity index (χ0n) is 14.8. The second-order valence-corrected chi connectivity index (χ2v) is 9.49. The molecule has 1 saturated heterocycles. The number of carbonyl (C=O) groups excluding carboxylic acids is 2. The molecular formula is C20H17ClN2O4S. The first-order valence-electron chi connectivity index (χ1n) is 8.83. The lowest BCUT2D eigenvalue weighted by Crippen LogP contribution is -2.45. The number of hydrogen-bond donors (Lipinski definition) is 0. The van der Waals surface area contributed by atoms with Crippen molar-refractivity contribution in [2.75, 3.05) is 16.4 Å². The molecule has 2 heterocycles. The predicted octanol–water partition coefficient (Wildman–Crippen LogP) is 2.87. The van der Waals surface area contributed by atoms with Crippen LogP contribution >= 0.6 is 11.6 Å². The summed E-state index contributed by atoms with van der Waals surface area (Å²) >= 11 is 6.23. The number of hydrogen-bond acceptors (Lipinski definition) is 5. The summed E-state index contributed by atoms with van der Waals surface area (Å²) in [6.07, 6.45) is 1.91. The third-order valence-electron chi connectivity index (χ3n) is 4.96. The van der Waals surface area contributed by atoms with Crippen LogP contribution in [0, 0.1) is 0 Å². The molecule has 8 heteroatoms. The number of amides is 2. The lowest BCUT2D eigenvalue weighted by atomic mass is 9.88. The molecule has 144 valence electrons. The molecule has 1 fully saturated rings. The van der Waals surface area contributed by atoms with Gasteiger partial charge in [-0.3, -0.25) is 14.6 Å². The molecule has 0 bridgehead atoms. The van der Waals surface area contributed by atoms with Crippen LogP contribution in [0.4, 0.5) is 5.69 Å². The number of carbonyl (C=O) groups is 2. The van der Waals surface area contributed by atoms with Crippen LogP contribution in [0.25, 0.3) is 0 Å². The molecule has 2 atom stereocenters. The third-order valence-corrected chi connectivity index (χ3v) is 7.03. The minimum Gasteiger partial charge on any atom is -0.292 e. The number of rotatable bonds is 3. The number of halogens is 1. The third kappa shape index (κ3) is 3.36. The standard InChI is InChI=1S/C20H17ClN2O4S/c21-17-7-3-4-8-18(17)23-19(24)15-6-2-1-5-14(15)16(20(23)25)11-22-13-9-10-28(26,27)12-13/h1-8,11,13,16H,9-10,12H2/t13-,16-/m0/s1. The van der Waals surface area contributed by atoms with E-state index in [0.717, 1.165) is 4.90 Å². The maximum Gasteiger partial charge on any atom is 0.265 e. The van der Waals surface area contributed by atoms with Gasteiger partial charge in [0.15, 0.2) is 9.84 Å². The molecule has 0 N–H and O–H groups in total. The fourth-order valence-corrected chi connectivity index (χ4v) is 5.42. The van der Waals surface area contributed by atoms with E-state index in [0.29, 0.717) is 28.3 Å². The van der Waals surface area contributed by atoms with E-state index in [4.69, 9.17) is 11.6 Å². The van der Waals surface area contributed by atoms with Crippen LogP contribution in [-0.2, 0) is 14.6 Å².